The number of phenols is 1. The van der Waals surface area contributed by atoms with Crippen LogP contribution in [-0.2, 0) is 6.54 Å². The number of hydrogen-bond donors (Lipinski definition) is 5. The Hall–Kier alpha value is -3.68. The van der Waals surface area contributed by atoms with Crippen molar-refractivity contribution in [3.05, 3.63) is 69.3 Å². The first kappa shape index (κ1) is 19.6. The summed E-state index contributed by atoms with van der Waals surface area (Å²) in [6.45, 7) is 0.183. The van der Waals surface area contributed by atoms with Crippen LogP contribution >= 0.6 is 11.6 Å². The monoisotopic (exact) mass is 423 g/mol. The molecule has 0 fully saturated rings. The second-order valence-corrected chi connectivity index (χ2v) is 7.25. The summed E-state index contributed by atoms with van der Waals surface area (Å²) in [4.78, 5) is 13.0. The van der Waals surface area contributed by atoms with Gasteiger partial charge in [0.2, 0.25) is 11.2 Å². The number of anilines is 2. The van der Waals surface area contributed by atoms with Crippen LogP contribution in [-0.4, -0.2) is 10.2 Å². The maximum atomic E-state index is 13.0. The second kappa shape index (κ2) is 7.29. The molecule has 4 rings (SSSR count). The van der Waals surface area contributed by atoms with Gasteiger partial charge in [-0.2, -0.15) is 0 Å². The molecule has 0 amide bonds. The second-order valence-electron chi connectivity index (χ2n) is 6.84. The number of phenolic OH excluding ortho intramolecular Hbond substituents is 1. The highest BCUT2D eigenvalue weighted by Crippen LogP contribution is 2.38. The van der Waals surface area contributed by atoms with Gasteiger partial charge in [-0.15, -0.1) is 0 Å². The molecule has 7 nitrogen and oxygen atoms in total. The van der Waals surface area contributed by atoms with Gasteiger partial charge in [0, 0.05) is 17.7 Å². The fraction of sp³-hybridized carbons (Fsp3) is 0.0455. The number of nitrogens with two attached hydrogens (primary N) is 3. The highest BCUT2D eigenvalue weighted by Gasteiger charge is 2.20. The minimum absolute atomic E-state index is 0.0552. The Morgan fingerprint density at radius 3 is 2.33 bits per heavy atom. The van der Waals surface area contributed by atoms with E-state index in [0.717, 1.165) is 0 Å². The highest BCUT2D eigenvalue weighted by atomic mass is 35.5. The van der Waals surface area contributed by atoms with E-state index in [1.165, 1.54) is 18.2 Å². The minimum Gasteiger partial charge on any atom is -0.506 e. The molecule has 0 unspecified atom stereocenters. The number of aromatic hydroxyl groups is 2. The molecule has 3 aromatic carbocycles. The molecule has 1 heterocycles. The van der Waals surface area contributed by atoms with Crippen molar-refractivity contribution in [1.82, 2.24) is 0 Å². The van der Waals surface area contributed by atoms with E-state index in [2.05, 4.69) is 0 Å². The fourth-order valence-electron chi connectivity index (χ4n) is 3.27. The van der Waals surface area contributed by atoms with Gasteiger partial charge >= 0.3 is 0 Å². The van der Waals surface area contributed by atoms with Crippen LogP contribution in [0.3, 0.4) is 0 Å². The first-order chi connectivity index (χ1) is 14.3. The maximum absolute atomic E-state index is 13.0. The molecule has 0 saturated heterocycles. The average molecular weight is 424 g/mol. The average Bonchev–Trinajstić information content (AvgIpc) is 2.74. The van der Waals surface area contributed by atoms with E-state index in [1.807, 2.05) is 0 Å². The van der Waals surface area contributed by atoms with Gasteiger partial charge in [0.15, 0.2) is 5.76 Å². The van der Waals surface area contributed by atoms with Crippen LogP contribution < -0.4 is 22.6 Å². The molecule has 0 atom stereocenters. The molecule has 0 spiro atoms. The van der Waals surface area contributed by atoms with Crippen LogP contribution in [0.5, 0.6) is 11.5 Å². The van der Waals surface area contributed by atoms with Crippen molar-refractivity contribution in [2.45, 2.75) is 6.54 Å². The molecule has 8 heteroatoms. The quantitative estimate of drug-likeness (QED) is 0.314. The number of fused-ring (bicyclic) bond motifs is 1. The van der Waals surface area contributed by atoms with Crippen molar-refractivity contribution in [3.63, 3.8) is 0 Å². The summed E-state index contributed by atoms with van der Waals surface area (Å²) in [5.41, 5.74) is 20.3. The summed E-state index contributed by atoms with van der Waals surface area (Å²) >= 11 is 5.98. The summed E-state index contributed by atoms with van der Waals surface area (Å²) < 4.78 is 6.01. The third-order valence-corrected chi connectivity index (χ3v) is 5.17. The molecule has 0 radical (unpaired) electrons. The van der Waals surface area contributed by atoms with E-state index in [0.29, 0.717) is 33.6 Å². The molecule has 0 aliphatic carbocycles. The zero-order chi connectivity index (χ0) is 21.6. The van der Waals surface area contributed by atoms with E-state index in [-0.39, 0.29) is 34.0 Å². The summed E-state index contributed by atoms with van der Waals surface area (Å²) in [6.07, 6.45) is 0. The number of halogens is 1. The lowest BCUT2D eigenvalue weighted by molar-refractivity contribution is 0.449. The number of rotatable bonds is 3. The summed E-state index contributed by atoms with van der Waals surface area (Å²) in [5, 5.41) is 20.4. The van der Waals surface area contributed by atoms with Gasteiger partial charge in [-0.3, -0.25) is 4.79 Å². The predicted molar refractivity (Wildman–Crippen MR) is 118 cm³/mol. The lowest BCUT2D eigenvalue weighted by atomic mass is 9.98. The number of hydrogen-bond acceptors (Lipinski definition) is 7. The van der Waals surface area contributed by atoms with Crippen LogP contribution in [0.25, 0.3) is 33.4 Å². The van der Waals surface area contributed by atoms with Gasteiger partial charge in [0.25, 0.3) is 0 Å². The minimum atomic E-state index is -0.615. The Morgan fingerprint density at radius 1 is 0.933 bits per heavy atom. The molecular weight excluding hydrogens is 406 g/mol. The molecule has 30 heavy (non-hydrogen) atoms. The number of nitrogen functional groups attached to an aromatic ring is 2. The first-order valence-electron chi connectivity index (χ1n) is 8.97. The van der Waals surface area contributed by atoms with Crippen molar-refractivity contribution >= 4 is 33.9 Å². The fourth-order valence-corrected chi connectivity index (χ4v) is 3.45. The predicted octanol–water partition coefficient (Wildman–Crippen LogP) is 3.81. The Kier molecular flexibility index (Phi) is 4.77. The van der Waals surface area contributed by atoms with Crippen molar-refractivity contribution in [2.24, 2.45) is 5.73 Å². The Balaban J connectivity index is 2.08. The number of benzene rings is 3. The topological polar surface area (TPSA) is 149 Å². The van der Waals surface area contributed by atoms with E-state index in [4.69, 9.17) is 33.2 Å². The molecule has 0 aliphatic heterocycles. The molecular formula is C22H18ClN3O4. The molecule has 1 aromatic heterocycles. The first-order valence-corrected chi connectivity index (χ1v) is 9.35. The van der Waals surface area contributed by atoms with Gasteiger partial charge in [-0.25, -0.2) is 0 Å². The van der Waals surface area contributed by atoms with Gasteiger partial charge in [-0.05, 0) is 53.6 Å². The summed E-state index contributed by atoms with van der Waals surface area (Å²) in [5.74, 6) is -0.769. The standard InChI is InChI=1S/C22H18ClN3O4/c23-15-7-12(2-4-18(15)27)21-20(29)19(28)14-6-10(9-24)5-13(22(14)30-21)11-1-3-16(25)17(26)8-11/h1-8,27,29H,9,24-26H2. The van der Waals surface area contributed by atoms with Crippen molar-refractivity contribution in [2.75, 3.05) is 11.5 Å². The van der Waals surface area contributed by atoms with Crippen LogP contribution in [0.1, 0.15) is 5.56 Å². The molecule has 0 saturated carbocycles. The van der Waals surface area contributed by atoms with E-state index >= 15 is 0 Å². The van der Waals surface area contributed by atoms with Crippen molar-refractivity contribution < 1.29 is 14.6 Å². The van der Waals surface area contributed by atoms with Crippen LogP contribution in [0, 0.1) is 0 Å². The van der Waals surface area contributed by atoms with Gasteiger partial charge in [0.05, 0.1) is 21.8 Å². The Morgan fingerprint density at radius 2 is 1.67 bits per heavy atom. The van der Waals surface area contributed by atoms with Crippen molar-refractivity contribution in [3.8, 4) is 33.9 Å². The van der Waals surface area contributed by atoms with E-state index in [9.17, 15) is 15.0 Å². The summed E-state index contributed by atoms with van der Waals surface area (Å²) in [7, 11) is 0. The molecule has 8 N–H and O–H groups in total. The molecule has 0 aliphatic rings. The lowest BCUT2D eigenvalue weighted by Crippen LogP contribution is -2.06. The Bertz CT molecular complexity index is 1370. The molecule has 0 bridgehead atoms. The molecule has 4 aromatic rings. The van der Waals surface area contributed by atoms with Gasteiger partial charge in [-0.1, -0.05) is 17.7 Å². The lowest BCUT2D eigenvalue weighted by Gasteiger charge is -2.13. The largest absolute Gasteiger partial charge is 0.506 e. The third-order valence-electron chi connectivity index (χ3n) is 4.87. The molecule has 152 valence electrons. The van der Waals surface area contributed by atoms with Gasteiger partial charge < -0.3 is 31.8 Å². The summed E-state index contributed by atoms with van der Waals surface area (Å²) in [6, 6.07) is 12.7. The smallest absolute Gasteiger partial charge is 0.235 e. The van der Waals surface area contributed by atoms with Crippen molar-refractivity contribution in [1.29, 1.82) is 0 Å². The van der Waals surface area contributed by atoms with Crippen LogP contribution in [0.4, 0.5) is 11.4 Å². The SMILES string of the molecule is NCc1cc(-c2ccc(N)c(N)c2)c2oc(-c3ccc(O)c(Cl)c3)c(O)c(=O)c2c1. The zero-order valence-electron chi connectivity index (χ0n) is 15.6. The highest BCUT2D eigenvalue weighted by molar-refractivity contribution is 6.32. The van der Waals surface area contributed by atoms with Gasteiger partial charge in [0.1, 0.15) is 11.3 Å². The normalized spacial score (nSPS) is 11.1. The van der Waals surface area contributed by atoms with E-state index < -0.39 is 11.2 Å². The van der Waals surface area contributed by atoms with E-state index in [1.54, 1.807) is 30.3 Å². The zero-order valence-corrected chi connectivity index (χ0v) is 16.4. The Labute approximate surface area is 175 Å². The van der Waals surface area contributed by atoms with Crippen LogP contribution in [0.15, 0.2) is 57.7 Å². The van der Waals surface area contributed by atoms with Crippen LogP contribution in [0.2, 0.25) is 5.02 Å². The maximum Gasteiger partial charge on any atom is 0.235 e. The third kappa shape index (κ3) is 3.20.